The number of hydrogen-bond donors (Lipinski definition) is 1. The van der Waals surface area contributed by atoms with Crippen LogP contribution in [-0.4, -0.2) is 4.98 Å². The van der Waals surface area contributed by atoms with Crippen molar-refractivity contribution >= 4 is 0 Å². The van der Waals surface area contributed by atoms with Crippen molar-refractivity contribution in [3.8, 4) is 11.6 Å². The van der Waals surface area contributed by atoms with Gasteiger partial charge < -0.3 is 10.5 Å². The lowest BCUT2D eigenvalue weighted by atomic mass is 9.86. The van der Waals surface area contributed by atoms with Crippen molar-refractivity contribution in [1.82, 2.24) is 4.98 Å². The van der Waals surface area contributed by atoms with Crippen LogP contribution in [0, 0.1) is 6.92 Å². The van der Waals surface area contributed by atoms with Gasteiger partial charge in [0.15, 0.2) is 0 Å². The van der Waals surface area contributed by atoms with Gasteiger partial charge in [-0.25, -0.2) is 4.98 Å². The minimum Gasteiger partial charge on any atom is -0.439 e. The Kier molecular flexibility index (Phi) is 4.33. The van der Waals surface area contributed by atoms with Crippen LogP contribution in [0.4, 0.5) is 0 Å². The zero-order chi connectivity index (χ0) is 15.6. The molecule has 2 aromatic rings. The highest BCUT2D eigenvalue weighted by atomic mass is 16.5. The number of rotatable bonds is 3. The Balaban J connectivity index is 2.20. The van der Waals surface area contributed by atoms with Crippen molar-refractivity contribution in [2.45, 2.75) is 46.1 Å². The van der Waals surface area contributed by atoms with E-state index in [4.69, 9.17) is 10.5 Å². The standard InChI is InChI=1S/C18H24N2O/c1-12-10-15(18(3,4)5)7-8-16(12)21-17-9-6-14(11-20-17)13(2)19/h6-11,13H,19H2,1-5H3. The van der Waals surface area contributed by atoms with Crippen molar-refractivity contribution in [2.75, 3.05) is 0 Å². The number of aromatic nitrogens is 1. The molecule has 0 aliphatic heterocycles. The summed E-state index contributed by atoms with van der Waals surface area (Å²) in [6.07, 6.45) is 1.76. The molecule has 0 bridgehead atoms. The molecular formula is C18H24N2O. The van der Waals surface area contributed by atoms with E-state index in [1.807, 2.05) is 25.1 Å². The average molecular weight is 284 g/mol. The summed E-state index contributed by atoms with van der Waals surface area (Å²) in [5.41, 5.74) is 9.37. The first-order valence-electron chi connectivity index (χ1n) is 7.28. The Morgan fingerprint density at radius 2 is 1.86 bits per heavy atom. The van der Waals surface area contributed by atoms with Crippen LogP contribution in [0.3, 0.4) is 0 Å². The molecule has 0 aliphatic carbocycles. The predicted molar refractivity (Wildman–Crippen MR) is 86.8 cm³/mol. The molecule has 112 valence electrons. The zero-order valence-corrected chi connectivity index (χ0v) is 13.5. The SMILES string of the molecule is Cc1cc(C(C)(C)C)ccc1Oc1ccc(C(C)N)cn1. The normalized spacial score (nSPS) is 13.0. The third-order valence-corrected chi connectivity index (χ3v) is 3.54. The summed E-state index contributed by atoms with van der Waals surface area (Å²) in [5, 5.41) is 0. The van der Waals surface area contributed by atoms with Gasteiger partial charge in [0.2, 0.25) is 5.88 Å². The van der Waals surface area contributed by atoms with E-state index in [9.17, 15) is 0 Å². The van der Waals surface area contributed by atoms with E-state index >= 15 is 0 Å². The summed E-state index contributed by atoms with van der Waals surface area (Å²) in [6, 6.07) is 10.1. The van der Waals surface area contributed by atoms with Crippen molar-refractivity contribution < 1.29 is 4.74 Å². The van der Waals surface area contributed by atoms with Crippen LogP contribution in [0.15, 0.2) is 36.5 Å². The van der Waals surface area contributed by atoms with E-state index < -0.39 is 0 Å². The second kappa shape index (κ2) is 5.86. The Labute approximate surface area is 127 Å². The molecule has 1 atom stereocenters. The lowest BCUT2D eigenvalue weighted by Gasteiger charge is -2.20. The fraction of sp³-hybridized carbons (Fsp3) is 0.389. The van der Waals surface area contributed by atoms with Gasteiger partial charge in [-0.2, -0.15) is 0 Å². The molecule has 0 amide bonds. The van der Waals surface area contributed by atoms with Crippen molar-refractivity contribution in [1.29, 1.82) is 0 Å². The first-order chi connectivity index (χ1) is 9.77. The van der Waals surface area contributed by atoms with E-state index in [1.165, 1.54) is 5.56 Å². The molecule has 2 N–H and O–H groups in total. The molecule has 0 radical (unpaired) electrons. The van der Waals surface area contributed by atoms with Crippen LogP contribution in [0.5, 0.6) is 11.6 Å². The first-order valence-corrected chi connectivity index (χ1v) is 7.28. The van der Waals surface area contributed by atoms with Gasteiger partial charge in [0.1, 0.15) is 5.75 Å². The van der Waals surface area contributed by atoms with Gasteiger partial charge in [-0.15, -0.1) is 0 Å². The second-order valence-electron chi connectivity index (χ2n) is 6.55. The molecule has 1 heterocycles. The minimum absolute atomic E-state index is 0.0145. The van der Waals surface area contributed by atoms with Crippen molar-refractivity contribution in [3.05, 3.63) is 53.2 Å². The van der Waals surface area contributed by atoms with Crippen LogP contribution >= 0.6 is 0 Å². The summed E-state index contributed by atoms with van der Waals surface area (Å²) < 4.78 is 5.86. The van der Waals surface area contributed by atoms with Crippen LogP contribution < -0.4 is 10.5 Å². The molecule has 1 unspecified atom stereocenters. The lowest BCUT2D eigenvalue weighted by Crippen LogP contribution is -2.11. The van der Waals surface area contributed by atoms with Gasteiger partial charge >= 0.3 is 0 Å². The molecule has 2 rings (SSSR count). The van der Waals surface area contributed by atoms with Gasteiger partial charge in [0.05, 0.1) is 0 Å². The number of nitrogens with zero attached hydrogens (tertiary/aromatic N) is 1. The van der Waals surface area contributed by atoms with E-state index in [-0.39, 0.29) is 11.5 Å². The van der Waals surface area contributed by atoms with Crippen molar-refractivity contribution in [2.24, 2.45) is 5.73 Å². The zero-order valence-electron chi connectivity index (χ0n) is 13.5. The molecule has 1 aromatic heterocycles. The van der Waals surface area contributed by atoms with Crippen LogP contribution in [0.2, 0.25) is 0 Å². The minimum atomic E-state index is -0.0145. The maximum atomic E-state index is 5.86. The molecule has 0 saturated carbocycles. The molecule has 0 spiro atoms. The van der Waals surface area contributed by atoms with E-state index in [0.717, 1.165) is 16.9 Å². The van der Waals surface area contributed by atoms with E-state index in [0.29, 0.717) is 5.88 Å². The second-order valence-corrected chi connectivity index (χ2v) is 6.55. The largest absolute Gasteiger partial charge is 0.439 e. The smallest absolute Gasteiger partial charge is 0.219 e. The molecule has 21 heavy (non-hydrogen) atoms. The number of ether oxygens (including phenoxy) is 1. The highest BCUT2D eigenvalue weighted by molar-refractivity contribution is 5.40. The fourth-order valence-corrected chi connectivity index (χ4v) is 2.06. The van der Waals surface area contributed by atoms with Crippen LogP contribution in [-0.2, 0) is 5.41 Å². The summed E-state index contributed by atoms with van der Waals surface area (Å²) >= 11 is 0. The van der Waals surface area contributed by atoms with E-state index in [2.05, 4.69) is 44.8 Å². The van der Waals surface area contributed by atoms with Crippen LogP contribution in [0.1, 0.15) is 50.4 Å². The topological polar surface area (TPSA) is 48.1 Å². The van der Waals surface area contributed by atoms with Gasteiger partial charge in [-0.1, -0.05) is 39.0 Å². The Bertz CT molecular complexity index is 610. The van der Waals surface area contributed by atoms with Crippen molar-refractivity contribution in [3.63, 3.8) is 0 Å². The molecule has 1 aromatic carbocycles. The van der Waals surface area contributed by atoms with Gasteiger partial charge in [0.25, 0.3) is 0 Å². The Morgan fingerprint density at radius 3 is 2.33 bits per heavy atom. The van der Waals surface area contributed by atoms with Gasteiger partial charge in [0, 0.05) is 18.3 Å². The highest BCUT2D eigenvalue weighted by Crippen LogP contribution is 2.29. The molecule has 3 heteroatoms. The number of aryl methyl sites for hydroxylation is 1. The number of hydrogen-bond acceptors (Lipinski definition) is 3. The molecule has 0 fully saturated rings. The van der Waals surface area contributed by atoms with Crippen LogP contribution in [0.25, 0.3) is 0 Å². The predicted octanol–water partition coefficient (Wildman–Crippen LogP) is 4.50. The highest BCUT2D eigenvalue weighted by Gasteiger charge is 2.15. The third kappa shape index (κ3) is 3.82. The molecular weight excluding hydrogens is 260 g/mol. The fourth-order valence-electron chi connectivity index (χ4n) is 2.06. The maximum Gasteiger partial charge on any atom is 0.219 e. The first kappa shape index (κ1) is 15.5. The maximum absolute atomic E-state index is 5.86. The summed E-state index contributed by atoms with van der Waals surface area (Å²) in [5.74, 6) is 1.43. The monoisotopic (exact) mass is 284 g/mol. The number of pyridine rings is 1. The average Bonchev–Trinajstić information content (AvgIpc) is 2.40. The summed E-state index contributed by atoms with van der Waals surface area (Å²) in [6.45, 7) is 10.6. The summed E-state index contributed by atoms with van der Waals surface area (Å²) in [4.78, 5) is 4.31. The molecule has 0 aliphatic rings. The van der Waals surface area contributed by atoms with Gasteiger partial charge in [-0.3, -0.25) is 0 Å². The Hall–Kier alpha value is -1.87. The quantitative estimate of drug-likeness (QED) is 0.902. The van der Waals surface area contributed by atoms with Gasteiger partial charge in [-0.05, 0) is 42.0 Å². The molecule has 3 nitrogen and oxygen atoms in total. The Morgan fingerprint density at radius 1 is 1.14 bits per heavy atom. The lowest BCUT2D eigenvalue weighted by molar-refractivity contribution is 0.457. The number of nitrogens with two attached hydrogens (primary N) is 1. The summed E-state index contributed by atoms with van der Waals surface area (Å²) in [7, 11) is 0. The molecule has 0 saturated heterocycles. The number of benzene rings is 1. The van der Waals surface area contributed by atoms with E-state index in [1.54, 1.807) is 6.20 Å². The third-order valence-electron chi connectivity index (χ3n) is 3.54.